The van der Waals surface area contributed by atoms with Gasteiger partial charge in [-0.25, -0.2) is 0 Å². The number of hydrogen-bond acceptors (Lipinski definition) is 4. The van der Waals surface area contributed by atoms with Gasteiger partial charge in [-0.1, -0.05) is 0 Å². The quantitative estimate of drug-likeness (QED) is 0.762. The van der Waals surface area contributed by atoms with E-state index in [1.165, 1.54) is 0 Å². The monoisotopic (exact) mass is 195 g/mol. The highest BCUT2D eigenvalue weighted by atomic mass is 16.6. The van der Waals surface area contributed by atoms with Gasteiger partial charge in [0.15, 0.2) is 11.5 Å². The molecule has 1 aliphatic heterocycles. The van der Waals surface area contributed by atoms with Crippen LogP contribution in [0.15, 0.2) is 12.1 Å². The summed E-state index contributed by atoms with van der Waals surface area (Å²) in [5.41, 5.74) is 6.53. The molecule has 2 N–H and O–H groups in total. The van der Waals surface area contributed by atoms with E-state index < -0.39 is 0 Å². The molecule has 0 unspecified atom stereocenters. The topological polar surface area (TPSA) is 53.7 Å². The minimum atomic E-state index is 0.465. The molecule has 76 valence electrons. The predicted octanol–water partition coefficient (Wildman–Crippen LogP) is 0.925. The number of rotatable bonds is 2. The molecule has 4 nitrogen and oxygen atoms in total. The van der Waals surface area contributed by atoms with Crippen LogP contribution in [0.4, 0.5) is 0 Å². The first kappa shape index (κ1) is 9.15. The van der Waals surface area contributed by atoms with Crippen molar-refractivity contribution in [1.82, 2.24) is 0 Å². The van der Waals surface area contributed by atoms with Gasteiger partial charge in [0.1, 0.15) is 13.2 Å². The van der Waals surface area contributed by atoms with Gasteiger partial charge in [0, 0.05) is 6.54 Å². The molecule has 0 amide bonds. The van der Waals surface area contributed by atoms with Crippen LogP contribution in [-0.4, -0.2) is 20.3 Å². The number of ether oxygens (including phenoxy) is 3. The molecule has 1 aromatic carbocycles. The largest absolute Gasteiger partial charge is 0.493 e. The second-order valence-corrected chi connectivity index (χ2v) is 3.03. The average Bonchev–Trinajstić information content (AvgIpc) is 2.27. The Bertz CT molecular complexity index is 321. The second-order valence-electron chi connectivity index (χ2n) is 3.03. The first-order chi connectivity index (χ1) is 6.85. The molecule has 0 radical (unpaired) electrons. The van der Waals surface area contributed by atoms with Crippen LogP contribution in [0.5, 0.6) is 17.2 Å². The van der Waals surface area contributed by atoms with E-state index in [2.05, 4.69) is 0 Å². The van der Waals surface area contributed by atoms with Crippen molar-refractivity contribution in [1.29, 1.82) is 0 Å². The van der Waals surface area contributed by atoms with Gasteiger partial charge in [0.2, 0.25) is 5.75 Å². The fourth-order valence-corrected chi connectivity index (χ4v) is 1.45. The maximum absolute atomic E-state index is 5.55. The van der Waals surface area contributed by atoms with Crippen molar-refractivity contribution in [3.63, 3.8) is 0 Å². The van der Waals surface area contributed by atoms with Gasteiger partial charge in [-0.3, -0.25) is 0 Å². The lowest BCUT2D eigenvalue weighted by atomic mass is 10.2. The van der Waals surface area contributed by atoms with E-state index >= 15 is 0 Å². The van der Waals surface area contributed by atoms with E-state index in [0.717, 1.165) is 11.3 Å². The van der Waals surface area contributed by atoms with Crippen LogP contribution in [0.3, 0.4) is 0 Å². The van der Waals surface area contributed by atoms with Crippen molar-refractivity contribution in [3.05, 3.63) is 17.7 Å². The summed E-state index contributed by atoms with van der Waals surface area (Å²) in [5, 5.41) is 0. The molecule has 0 atom stereocenters. The van der Waals surface area contributed by atoms with E-state index in [-0.39, 0.29) is 0 Å². The molecule has 0 saturated carbocycles. The third-order valence-electron chi connectivity index (χ3n) is 2.12. The van der Waals surface area contributed by atoms with Crippen molar-refractivity contribution in [2.24, 2.45) is 5.73 Å². The van der Waals surface area contributed by atoms with Gasteiger partial charge >= 0.3 is 0 Å². The zero-order chi connectivity index (χ0) is 9.97. The molecule has 0 spiro atoms. The Kier molecular flexibility index (Phi) is 2.45. The Balaban J connectivity index is 2.47. The highest BCUT2D eigenvalue weighted by Crippen LogP contribution is 2.40. The minimum Gasteiger partial charge on any atom is -0.493 e. The van der Waals surface area contributed by atoms with Crippen molar-refractivity contribution in [3.8, 4) is 17.2 Å². The van der Waals surface area contributed by atoms with E-state index in [1.54, 1.807) is 7.11 Å². The number of hydrogen-bond donors (Lipinski definition) is 1. The van der Waals surface area contributed by atoms with Gasteiger partial charge < -0.3 is 19.9 Å². The summed E-state index contributed by atoms with van der Waals surface area (Å²) in [6.07, 6.45) is 0. The normalized spacial score (nSPS) is 13.9. The molecular weight excluding hydrogens is 182 g/mol. The molecule has 14 heavy (non-hydrogen) atoms. The standard InChI is InChI=1S/C10H13NO3/c1-12-8-4-7(6-11)5-9-10(8)14-3-2-13-9/h4-5H,2-3,6,11H2,1H3. The number of fused-ring (bicyclic) bond motifs is 1. The summed E-state index contributed by atoms with van der Waals surface area (Å²) in [7, 11) is 1.61. The van der Waals surface area contributed by atoms with Crippen LogP contribution in [-0.2, 0) is 6.54 Å². The minimum absolute atomic E-state index is 0.465. The summed E-state index contributed by atoms with van der Waals surface area (Å²) < 4.78 is 16.1. The zero-order valence-electron chi connectivity index (χ0n) is 8.08. The summed E-state index contributed by atoms with van der Waals surface area (Å²) in [6, 6.07) is 3.75. The maximum Gasteiger partial charge on any atom is 0.203 e. The van der Waals surface area contributed by atoms with Crippen LogP contribution in [0.25, 0.3) is 0 Å². The van der Waals surface area contributed by atoms with Gasteiger partial charge in [0.25, 0.3) is 0 Å². The first-order valence-corrected chi connectivity index (χ1v) is 4.51. The highest BCUT2D eigenvalue weighted by Gasteiger charge is 2.17. The molecule has 0 saturated heterocycles. The van der Waals surface area contributed by atoms with E-state index in [4.69, 9.17) is 19.9 Å². The third kappa shape index (κ3) is 1.48. The van der Waals surface area contributed by atoms with Gasteiger partial charge in [0.05, 0.1) is 7.11 Å². The second kappa shape index (κ2) is 3.75. The van der Waals surface area contributed by atoms with Crippen LogP contribution in [0, 0.1) is 0 Å². The Labute approximate surface area is 82.6 Å². The first-order valence-electron chi connectivity index (χ1n) is 4.51. The molecule has 0 aliphatic carbocycles. The van der Waals surface area contributed by atoms with Gasteiger partial charge in [-0.05, 0) is 17.7 Å². The summed E-state index contributed by atoms with van der Waals surface area (Å²) in [5.74, 6) is 2.08. The Hall–Kier alpha value is -1.42. The van der Waals surface area contributed by atoms with Crippen molar-refractivity contribution in [2.45, 2.75) is 6.54 Å². The number of nitrogens with two attached hydrogens (primary N) is 1. The molecular formula is C10H13NO3. The Morgan fingerprint density at radius 3 is 2.86 bits per heavy atom. The molecule has 0 aromatic heterocycles. The molecule has 0 bridgehead atoms. The van der Waals surface area contributed by atoms with E-state index in [9.17, 15) is 0 Å². The predicted molar refractivity (Wildman–Crippen MR) is 51.9 cm³/mol. The molecule has 2 rings (SSSR count). The average molecular weight is 195 g/mol. The molecule has 1 aromatic rings. The molecule has 4 heteroatoms. The van der Waals surface area contributed by atoms with Crippen molar-refractivity contribution < 1.29 is 14.2 Å². The lowest BCUT2D eigenvalue weighted by molar-refractivity contribution is 0.165. The highest BCUT2D eigenvalue weighted by molar-refractivity contribution is 5.54. The Morgan fingerprint density at radius 1 is 1.36 bits per heavy atom. The molecule has 0 fully saturated rings. The lowest BCUT2D eigenvalue weighted by Crippen LogP contribution is -2.16. The fourth-order valence-electron chi connectivity index (χ4n) is 1.45. The number of benzene rings is 1. The van der Waals surface area contributed by atoms with Crippen LogP contribution in [0.2, 0.25) is 0 Å². The summed E-state index contributed by atoms with van der Waals surface area (Å²) in [6.45, 7) is 1.60. The number of methoxy groups -OCH3 is 1. The molecule has 1 heterocycles. The van der Waals surface area contributed by atoms with Crippen molar-refractivity contribution in [2.75, 3.05) is 20.3 Å². The van der Waals surface area contributed by atoms with Gasteiger partial charge in [-0.2, -0.15) is 0 Å². The third-order valence-corrected chi connectivity index (χ3v) is 2.12. The van der Waals surface area contributed by atoms with E-state index in [1.807, 2.05) is 12.1 Å². The Morgan fingerprint density at radius 2 is 2.14 bits per heavy atom. The van der Waals surface area contributed by atoms with Crippen molar-refractivity contribution >= 4 is 0 Å². The zero-order valence-corrected chi connectivity index (χ0v) is 8.08. The lowest BCUT2D eigenvalue weighted by Gasteiger charge is -2.21. The fraction of sp³-hybridized carbons (Fsp3) is 0.400. The van der Waals surface area contributed by atoms with Crippen LogP contribution >= 0.6 is 0 Å². The maximum atomic E-state index is 5.55. The molecule has 1 aliphatic rings. The van der Waals surface area contributed by atoms with Crippen LogP contribution in [0.1, 0.15) is 5.56 Å². The smallest absolute Gasteiger partial charge is 0.203 e. The summed E-state index contributed by atoms with van der Waals surface area (Å²) >= 11 is 0. The SMILES string of the molecule is COc1cc(CN)cc2c1OCCO2. The van der Waals surface area contributed by atoms with E-state index in [0.29, 0.717) is 31.3 Å². The summed E-state index contributed by atoms with van der Waals surface area (Å²) in [4.78, 5) is 0. The van der Waals surface area contributed by atoms with Gasteiger partial charge in [-0.15, -0.1) is 0 Å². The van der Waals surface area contributed by atoms with Crippen LogP contribution < -0.4 is 19.9 Å².